The Morgan fingerprint density at radius 1 is 1.24 bits per heavy atom. The van der Waals surface area contributed by atoms with Gasteiger partial charge >= 0.3 is 0 Å². The molecule has 0 bridgehead atoms. The summed E-state index contributed by atoms with van der Waals surface area (Å²) in [6.45, 7) is 2.85. The van der Waals surface area contributed by atoms with Gasteiger partial charge in [0.2, 0.25) is 11.8 Å². The molecule has 1 aliphatic rings. The van der Waals surface area contributed by atoms with Crippen molar-refractivity contribution in [3.05, 3.63) is 23.1 Å². The Hall–Kier alpha value is -2.21. The van der Waals surface area contributed by atoms with Gasteiger partial charge in [0, 0.05) is 18.0 Å². The molecule has 0 saturated carbocycles. The van der Waals surface area contributed by atoms with Crippen molar-refractivity contribution in [3.63, 3.8) is 0 Å². The number of aliphatic hydroxyl groups is 3. The van der Waals surface area contributed by atoms with Crippen LogP contribution in [-0.2, 0) is 19.1 Å². The molecule has 2 amide bonds. The fourth-order valence-electron chi connectivity index (χ4n) is 1.99. The summed E-state index contributed by atoms with van der Waals surface area (Å²) in [5, 5.41) is 37.5. The molecule has 0 aromatic heterocycles. The maximum Gasteiger partial charge on any atom is 0.246 e. The number of carbonyl (C=O) groups is 2. The van der Waals surface area contributed by atoms with E-state index < -0.39 is 43.2 Å². The van der Waals surface area contributed by atoms with Crippen molar-refractivity contribution in [1.82, 2.24) is 10.6 Å². The van der Waals surface area contributed by atoms with Crippen LogP contribution in [0.2, 0.25) is 0 Å². The van der Waals surface area contributed by atoms with Crippen molar-refractivity contribution >= 4 is 11.8 Å². The van der Waals surface area contributed by atoms with E-state index >= 15 is 0 Å². The van der Waals surface area contributed by atoms with Crippen molar-refractivity contribution < 1.29 is 34.4 Å². The third-order valence-electron chi connectivity index (χ3n) is 3.30. The molecule has 5 atom stereocenters. The van der Waals surface area contributed by atoms with E-state index in [0.717, 1.165) is 6.08 Å². The van der Waals surface area contributed by atoms with Crippen molar-refractivity contribution in [3.8, 4) is 0 Å². The molecule has 0 radical (unpaired) electrons. The summed E-state index contributed by atoms with van der Waals surface area (Å²) in [7, 11) is 0. The summed E-state index contributed by atoms with van der Waals surface area (Å²) in [4.78, 5) is 25.0. The Morgan fingerprint density at radius 3 is 2.56 bits per heavy atom. The first-order chi connectivity index (χ1) is 11.9. The number of azide groups is 1. The van der Waals surface area contributed by atoms with Crippen molar-refractivity contribution in [2.75, 3.05) is 26.2 Å². The highest BCUT2D eigenvalue weighted by Gasteiger charge is 2.44. The largest absolute Gasteiger partial charge is 0.388 e. The second-order valence-electron chi connectivity index (χ2n) is 5.08. The van der Waals surface area contributed by atoms with Crippen LogP contribution in [0.3, 0.4) is 0 Å². The Kier molecular flexibility index (Phi) is 8.84. The monoisotopic (exact) mass is 359 g/mol. The second-order valence-corrected chi connectivity index (χ2v) is 5.08. The minimum absolute atomic E-state index is 0.150. The predicted octanol–water partition coefficient (Wildman–Crippen LogP) is -2.46. The average Bonchev–Trinajstić information content (AvgIpc) is 2.61. The van der Waals surface area contributed by atoms with Gasteiger partial charge in [-0.05, 0) is 11.6 Å². The number of ether oxygens (including phenoxy) is 2. The zero-order valence-electron chi connectivity index (χ0n) is 13.3. The Balaban J connectivity index is 2.40. The molecule has 0 aromatic carbocycles. The lowest BCUT2D eigenvalue weighted by Gasteiger charge is -2.39. The van der Waals surface area contributed by atoms with E-state index in [1.807, 2.05) is 0 Å². The van der Waals surface area contributed by atoms with Crippen molar-refractivity contribution in [2.24, 2.45) is 5.11 Å². The van der Waals surface area contributed by atoms with E-state index in [1.165, 1.54) is 0 Å². The van der Waals surface area contributed by atoms with Gasteiger partial charge in [0.25, 0.3) is 0 Å². The van der Waals surface area contributed by atoms with Gasteiger partial charge in [-0.1, -0.05) is 11.7 Å². The highest BCUT2D eigenvalue weighted by Crippen LogP contribution is 2.22. The van der Waals surface area contributed by atoms with Crippen LogP contribution >= 0.6 is 0 Å². The normalized spacial score (nSPS) is 28.5. The Morgan fingerprint density at radius 2 is 1.92 bits per heavy atom. The molecule has 1 saturated heterocycles. The lowest BCUT2D eigenvalue weighted by Crippen LogP contribution is -2.59. The minimum Gasteiger partial charge on any atom is -0.388 e. The number of nitrogens with zero attached hydrogens (tertiary/aromatic N) is 3. The maximum atomic E-state index is 11.6. The van der Waals surface area contributed by atoms with Gasteiger partial charge in [-0.25, -0.2) is 0 Å². The van der Waals surface area contributed by atoms with Crippen LogP contribution in [0.25, 0.3) is 10.4 Å². The van der Waals surface area contributed by atoms with Gasteiger partial charge in [-0.2, -0.15) is 0 Å². The van der Waals surface area contributed by atoms with Gasteiger partial charge in [0.15, 0.2) is 6.29 Å². The van der Waals surface area contributed by atoms with E-state index in [4.69, 9.17) is 15.0 Å². The molecule has 1 heterocycles. The summed E-state index contributed by atoms with van der Waals surface area (Å²) < 4.78 is 10.3. The molecule has 1 aliphatic heterocycles. The summed E-state index contributed by atoms with van der Waals surface area (Å²) >= 11 is 0. The van der Waals surface area contributed by atoms with Gasteiger partial charge < -0.3 is 35.4 Å². The van der Waals surface area contributed by atoms with E-state index in [2.05, 4.69) is 27.2 Å². The molecular weight excluding hydrogens is 338 g/mol. The lowest BCUT2D eigenvalue weighted by molar-refractivity contribution is -0.292. The number of rotatable bonds is 9. The summed E-state index contributed by atoms with van der Waals surface area (Å²) in [5.41, 5.74) is 8.29. The minimum atomic E-state index is -1.59. The van der Waals surface area contributed by atoms with Crippen LogP contribution in [0.1, 0.15) is 0 Å². The molecule has 1 rings (SSSR count). The SMILES string of the molecule is C=CC(=O)NCCNC(=O)CO[C@H]1O[C@H](CN=[N+]=[N-])[C@@H](O)[C@H](O)[C@H]1O. The molecule has 0 spiro atoms. The molecule has 0 aliphatic carbocycles. The maximum absolute atomic E-state index is 11.6. The van der Waals surface area contributed by atoms with Gasteiger partial charge in [-0.15, -0.1) is 0 Å². The van der Waals surface area contributed by atoms with Crippen LogP contribution in [0.4, 0.5) is 0 Å². The lowest BCUT2D eigenvalue weighted by atomic mass is 9.99. The molecule has 12 nitrogen and oxygen atoms in total. The molecule has 25 heavy (non-hydrogen) atoms. The number of amides is 2. The molecule has 5 N–H and O–H groups in total. The molecule has 140 valence electrons. The van der Waals surface area contributed by atoms with Crippen molar-refractivity contribution in [1.29, 1.82) is 0 Å². The van der Waals surface area contributed by atoms with Crippen LogP contribution in [0, 0.1) is 0 Å². The molecule has 12 heteroatoms. The first kappa shape index (κ1) is 20.8. The summed E-state index contributed by atoms with van der Waals surface area (Å²) in [5.74, 6) is -0.918. The van der Waals surface area contributed by atoms with E-state index in [1.54, 1.807) is 0 Å². The van der Waals surface area contributed by atoms with Gasteiger partial charge in [0.1, 0.15) is 24.9 Å². The van der Waals surface area contributed by atoms with Gasteiger partial charge in [-0.3, -0.25) is 9.59 Å². The third kappa shape index (κ3) is 6.66. The fraction of sp³-hybridized carbons (Fsp3) is 0.692. The summed E-state index contributed by atoms with van der Waals surface area (Å²) in [6.07, 6.45) is -6.02. The van der Waals surface area contributed by atoms with E-state index in [0.29, 0.717) is 0 Å². The topological polar surface area (TPSA) is 186 Å². The van der Waals surface area contributed by atoms with Gasteiger partial charge in [0.05, 0.1) is 12.6 Å². The highest BCUT2D eigenvalue weighted by atomic mass is 16.7. The standard InChI is InChI=1S/C13H21N5O7/c1-2-8(19)15-3-4-16-9(20)6-24-13-12(23)11(22)10(21)7(25-13)5-17-18-14/h2,7,10-13,21-23H,1,3-6H2,(H,15,19)(H,16,20)/t7-,10-,11+,12-,13+/m1/s1. The smallest absolute Gasteiger partial charge is 0.246 e. The summed E-state index contributed by atoms with van der Waals surface area (Å²) in [6, 6.07) is 0. The highest BCUT2D eigenvalue weighted by molar-refractivity contribution is 5.86. The second kappa shape index (κ2) is 10.6. The number of carbonyl (C=O) groups excluding carboxylic acids is 2. The van der Waals surface area contributed by atoms with Crippen LogP contribution in [0.15, 0.2) is 17.8 Å². The first-order valence-electron chi connectivity index (χ1n) is 7.39. The van der Waals surface area contributed by atoms with Crippen LogP contribution in [-0.4, -0.2) is 84.1 Å². The van der Waals surface area contributed by atoms with Crippen molar-refractivity contribution in [2.45, 2.75) is 30.7 Å². The first-order valence-corrected chi connectivity index (χ1v) is 7.39. The Labute approximate surface area is 143 Å². The van der Waals surface area contributed by atoms with Crippen LogP contribution in [0.5, 0.6) is 0 Å². The number of hydrogen-bond donors (Lipinski definition) is 5. The van der Waals surface area contributed by atoms with Crippen LogP contribution < -0.4 is 10.6 Å². The number of aliphatic hydroxyl groups excluding tert-OH is 3. The third-order valence-corrected chi connectivity index (χ3v) is 3.30. The molecule has 0 unspecified atom stereocenters. The Bertz CT molecular complexity index is 525. The van der Waals surface area contributed by atoms with E-state index in [-0.39, 0.29) is 25.5 Å². The molecule has 0 aromatic rings. The van der Waals surface area contributed by atoms with E-state index in [9.17, 15) is 24.9 Å². The predicted molar refractivity (Wildman–Crippen MR) is 82.9 cm³/mol. The number of hydrogen-bond acceptors (Lipinski definition) is 8. The molecule has 1 fully saturated rings. The number of nitrogens with one attached hydrogen (secondary N) is 2. The zero-order valence-corrected chi connectivity index (χ0v) is 13.3. The fourth-order valence-corrected chi connectivity index (χ4v) is 1.99. The zero-order chi connectivity index (χ0) is 18.8. The molecular formula is C13H21N5O7. The quantitative estimate of drug-likeness (QED) is 0.0992. The average molecular weight is 359 g/mol.